The van der Waals surface area contributed by atoms with Gasteiger partial charge in [0.2, 0.25) is 0 Å². The summed E-state index contributed by atoms with van der Waals surface area (Å²) in [4.78, 5) is 24.0. The predicted molar refractivity (Wildman–Crippen MR) is 92.2 cm³/mol. The Kier molecular flexibility index (Phi) is 7.45. The van der Waals surface area contributed by atoms with E-state index in [4.69, 9.17) is 9.16 Å². The van der Waals surface area contributed by atoms with Crippen LogP contribution in [0, 0.1) is 5.92 Å². The number of hydrogen-bond acceptors (Lipinski definition) is 4. The summed E-state index contributed by atoms with van der Waals surface area (Å²) in [6.07, 6.45) is 1.18. The zero-order valence-corrected chi connectivity index (χ0v) is 16.0. The summed E-state index contributed by atoms with van der Waals surface area (Å²) in [5, 5.41) is 0.0230. The van der Waals surface area contributed by atoms with E-state index in [2.05, 4.69) is 47.0 Å². The van der Waals surface area contributed by atoms with Gasteiger partial charge in [0.25, 0.3) is 0 Å². The number of Topliss-reactive ketones (excluding diaryl/α,β-unsaturated/α-hetero) is 1. The molecule has 0 aromatic heterocycles. The Morgan fingerprint density at radius 3 is 2.14 bits per heavy atom. The summed E-state index contributed by atoms with van der Waals surface area (Å²) in [7, 11) is -2.04. The molecule has 0 N–H and O–H groups in total. The van der Waals surface area contributed by atoms with Crippen molar-refractivity contribution in [3.8, 4) is 0 Å². The number of rotatable bonds is 8. The Balaban J connectivity index is 5.11. The van der Waals surface area contributed by atoms with Crippen molar-refractivity contribution in [3.05, 3.63) is 24.8 Å². The Bertz CT molecular complexity index is 446. The maximum atomic E-state index is 12.4. The molecule has 5 heteroatoms. The lowest BCUT2D eigenvalue weighted by Crippen LogP contribution is -2.46. The Morgan fingerprint density at radius 2 is 1.77 bits per heavy atom. The monoisotopic (exact) mass is 326 g/mol. The number of ketones is 1. The van der Waals surface area contributed by atoms with E-state index in [1.165, 1.54) is 0 Å². The summed E-state index contributed by atoms with van der Waals surface area (Å²) in [6.45, 7) is 21.6. The van der Waals surface area contributed by atoms with Gasteiger partial charge in [-0.3, -0.25) is 4.79 Å². The predicted octanol–water partition coefficient (Wildman–Crippen LogP) is 3.89. The molecule has 0 rings (SSSR count). The third kappa shape index (κ3) is 5.21. The van der Waals surface area contributed by atoms with Gasteiger partial charge in [0.05, 0.1) is 18.3 Å². The van der Waals surface area contributed by atoms with Gasteiger partial charge < -0.3 is 9.16 Å². The van der Waals surface area contributed by atoms with Crippen LogP contribution in [0.5, 0.6) is 0 Å². The molecule has 126 valence electrons. The van der Waals surface area contributed by atoms with E-state index in [9.17, 15) is 9.59 Å². The molecule has 0 fully saturated rings. The maximum Gasteiger partial charge on any atom is 0.341 e. The lowest BCUT2D eigenvalue weighted by atomic mass is 9.95. The van der Waals surface area contributed by atoms with Crippen LogP contribution in [0.15, 0.2) is 24.8 Å². The summed E-state index contributed by atoms with van der Waals surface area (Å²) in [5.74, 6) is -1.56. The lowest BCUT2D eigenvalue weighted by Gasteiger charge is -2.39. The summed E-state index contributed by atoms with van der Waals surface area (Å²) >= 11 is 0. The topological polar surface area (TPSA) is 52.6 Å². The van der Waals surface area contributed by atoms with Crippen LogP contribution < -0.4 is 0 Å². The number of ether oxygens (including phenoxy) is 1. The minimum Gasteiger partial charge on any atom is -0.462 e. The third-order valence-corrected chi connectivity index (χ3v) is 8.67. The fourth-order valence-corrected chi connectivity index (χ4v) is 2.95. The van der Waals surface area contributed by atoms with Gasteiger partial charge in [0, 0.05) is 5.92 Å². The van der Waals surface area contributed by atoms with Crippen LogP contribution in [0.25, 0.3) is 0 Å². The van der Waals surface area contributed by atoms with E-state index in [1.807, 2.05) is 0 Å². The normalized spacial score (nSPS) is 14.9. The van der Waals surface area contributed by atoms with Crippen molar-refractivity contribution in [1.29, 1.82) is 0 Å². The summed E-state index contributed by atoms with van der Waals surface area (Å²) in [5.41, 5.74) is -0.139. The molecule has 0 saturated heterocycles. The van der Waals surface area contributed by atoms with Crippen molar-refractivity contribution in [2.45, 2.75) is 58.9 Å². The Morgan fingerprint density at radius 1 is 1.27 bits per heavy atom. The Hall–Kier alpha value is -1.20. The van der Waals surface area contributed by atoms with Gasteiger partial charge in [-0.1, -0.05) is 40.3 Å². The highest BCUT2D eigenvalue weighted by Crippen LogP contribution is 2.38. The molecule has 4 nitrogen and oxygen atoms in total. The number of esters is 1. The molecule has 0 amide bonds. The standard InChI is InChI=1S/C17H30O4Si/c1-10-14(21-22(8,9)17(5,6)7)12(3)15(18)13(4)16(19)20-11-2/h10,12,14H,1,4,11H2,2-3,5-9H3/t12-,14+/m0/s1. The lowest BCUT2D eigenvalue weighted by molar-refractivity contribution is -0.140. The average Bonchev–Trinajstić information content (AvgIpc) is 2.41. The van der Waals surface area contributed by atoms with Gasteiger partial charge in [-0.2, -0.15) is 0 Å². The van der Waals surface area contributed by atoms with Gasteiger partial charge >= 0.3 is 5.97 Å². The fourth-order valence-electron chi connectivity index (χ4n) is 1.61. The van der Waals surface area contributed by atoms with Crippen LogP contribution in [0.1, 0.15) is 34.6 Å². The third-order valence-electron chi connectivity index (χ3n) is 4.19. The molecule has 0 saturated carbocycles. The van der Waals surface area contributed by atoms with Gasteiger partial charge in [-0.15, -0.1) is 6.58 Å². The highest BCUT2D eigenvalue weighted by atomic mass is 28.4. The molecular weight excluding hydrogens is 296 g/mol. The number of hydrogen-bond donors (Lipinski definition) is 0. The molecular formula is C17H30O4Si. The van der Waals surface area contributed by atoms with E-state index < -0.39 is 26.3 Å². The maximum absolute atomic E-state index is 12.4. The molecule has 2 atom stereocenters. The number of carbonyl (C=O) groups is 2. The molecule has 22 heavy (non-hydrogen) atoms. The smallest absolute Gasteiger partial charge is 0.341 e. The van der Waals surface area contributed by atoms with Crippen molar-refractivity contribution in [2.24, 2.45) is 5.92 Å². The Labute approximate surface area is 135 Å². The molecule has 0 aliphatic rings. The van der Waals surface area contributed by atoms with E-state index >= 15 is 0 Å². The summed E-state index contributed by atoms with van der Waals surface area (Å²) in [6, 6.07) is 0. The van der Waals surface area contributed by atoms with Gasteiger partial charge in [-0.25, -0.2) is 4.79 Å². The van der Waals surface area contributed by atoms with Crippen molar-refractivity contribution < 1.29 is 18.8 Å². The average molecular weight is 327 g/mol. The molecule has 0 spiro atoms. The van der Waals surface area contributed by atoms with Crippen LogP contribution in [-0.2, 0) is 18.8 Å². The van der Waals surface area contributed by atoms with E-state index in [-0.39, 0.29) is 23.0 Å². The quantitative estimate of drug-likeness (QED) is 0.170. The zero-order valence-electron chi connectivity index (χ0n) is 15.0. The highest BCUT2D eigenvalue weighted by Gasteiger charge is 2.41. The van der Waals surface area contributed by atoms with E-state index in [0.717, 1.165) is 0 Å². The SMILES string of the molecule is C=C[C@@H](O[Si](C)(C)C(C)(C)C)[C@H](C)C(=O)C(=C)C(=O)OCC. The fraction of sp³-hybridized carbons (Fsp3) is 0.647. The van der Waals surface area contributed by atoms with Gasteiger partial charge in [-0.05, 0) is 25.1 Å². The first-order valence-electron chi connectivity index (χ1n) is 7.59. The minimum absolute atomic E-state index is 0.0230. The van der Waals surface area contributed by atoms with Gasteiger partial charge in [0.1, 0.15) is 0 Å². The second-order valence-corrected chi connectivity index (χ2v) is 11.7. The summed E-state index contributed by atoms with van der Waals surface area (Å²) < 4.78 is 11.1. The number of carbonyl (C=O) groups excluding carboxylic acids is 2. The van der Waals surface area contributed by atoms with E-state index in [0.29, 0.717) is 0 Å². The molecule has 0 aromatic carbocycles. The molecule has 0 bridgehead atoms. The second-order valence-electron chi connectivity index (χ2n) is 6.93. The van der Waals surface area contributed by atoms with E-state index in [1.54, 1.807) is 19.9 Å². The van der Waals surface area contributed by atoms with Crippen molar-refractivity contribution in [2.75, 3.05) is 6.61 Å². The van der Waals surface area contributed by atoms with Crippen LogP contribution in [0.3, 0.4) is 0 Å². The molecule has 0 radical (unpaired) electrons. The first-order chi connectivity index (χ1) is 9.89. The largest absolute Gasteiger partial charge is 0.462 e. The first-order valence-corrected chi connectivity index (χ1v) is 10.5. The van der Waals surface area contributed by atoms with Crippen LogP contribution in [-0.4, -0.2) is 32.8 Å². The minimum atomic E-state index is -2.04. The molecule has 0 aromatic rings. The van der Waals surface area contributed by atoms with Gasteiger partial charge in [0.15, 0.2) is 14.1 Å². The van der Waals surface area contributed by atoms with Crippen molar-refractivity contribution >= 4 is 20.1 Å². The van der Waals surface area contributed by atoms with Crippen molar-refractivity contribution in [3.63, 3.8) is 0 Å². The highest BCUT2D eigenvalue weighted by molar-refractivity contribution is 6.74. The zero-order chi connectivity index (χ0) is 17.7. The van der Waals surface area contributed by atoms with Crippen LogP contribution in [0.2, 0.25) is 18.1 Å². The molecule has 0 aliphatic heterocycles. The molecule has 0 unspecified atom stereocenters. The van der Waals surface area contributed by atoms with Crippen molar-refractivity contribution in [1.82, 2.24) is 0 Å². The molecule has 0 heterocycles. The first kappa shape index (κ1) is 20.8. The second kappa shape index (κ2) is 7.88. The van der Waals surface area contributed by atoms with Crippen LogP contribution in [0.4, 0.5) is 0 Å². The van der Waals surface area contributed by atoms with Crippen LogP contribution >= 0.6 is 0 Å². The molecule has 0 aliphatic carbocycles.